The molecular weight excluding hydrogens is 340 g/mol. The molecule has 1 atom stereocenters. The first-order chi connectivity index (χ1) is 11.8. The zero-order chi connectivity index (χ0) is 18.2. The summed E-state index contributed by atoms with van der Waals surface area (Å²) in [5.41, 5.74) is 3.22. The fourth-order valence-electron chi connectivity index (χ4n) is 3.48. The monoisotopic (exact) mass is 364 g/mol. The summed E-state index contributed by atoms with van der Waals surface area (Å²) in [5, 5.41) is 0.965. The molecule has 0 saturated carbocycles. The smallest absolute Gasteiger partial charge is 0.306 e. The molecule has 1 aliphatic rings. The first-order valence-corrected chi connectivity index (χ1v) is 9.98. The third kappa shape index (κ3) is 3.43. The fourth-order valence-corrected chi connectivity index (χ4v) is 4.41. The number of hydrogen-bond acceptors (Lipinski definition) is 4. The van der Waals surface area contributed by atoms with Crippen molar-refractivity contribution >= 4 is 26.9 Å². The van der Waals surface area contributed by atoms with E-state index < -0.39 is 10.0 Å². The molecule has 2 aromatic rings. The van der Waals surface area contributed by atoms with Crippen molar-refractivity contribution in [3.63, 3.8) is 0 Å². The number of carbonyl (C=O) groups excluding carboxylic acids is 1. The van der Waals surface area contributed by atoms with E-state index in [1.807, 2.05) is 13.0 Å². The summed E-state index contributed by atoms with van der Waals surface area (Å²) in [6, 6.07) is 5.21. The Hall–Kier alpha value is -1.86. The van der Waals surface area contributed by atoms with E-state index in [1.54, 1.807) is 12.1 Å². The Balaban J connectivity index is 1.90. The molecule has 1 aromatic carbocycles. The van der Waals surface area contributed by atoms with E-state index in [0.29, 0.717) is 17.9 Å². The normalized spacial score (nSPS) is 17.7. The van der Waals surface area contributed by atoms with Crippen molar-refractivity contribution in [2.75, 3.05) is 20.7 Å². The lowest BCUT2D eigenvalue weighted by molar-refractivity contribution is -0.144. The predicted molar refractivity (Wildman–Crippen MR) is 95.9 cm³/mol. The Morgan fingerprint density at radius 2 is 2.12 bits per heavy atom. The molecule has 3 rings (SSSR count). The second kappa shape index (κ2) is 6.80. The first kappa shape index (κ1) is 17.9. The van der Waals surface area contributed by atoms with E-state index in [-0.39, 0.29) is 11.9 Å². The van der Waals surface area contributed by atoms with Gasteiger partial charge in [-0.3, -0.25) is 4.79 Å². The zero-order valence-corrected chi connectivity index (χ0v) is 15.6. The summed E-state index contributed by atoms with van der Waals surface area (Å²) >= 11 is 0. The van der Waals surface area contributed by atoms with E-state index in [9.17, 15) is 13.2 Å². The van der Waals surface area contributed by atoms with E-state index in [0.717, 1.165) is 35.9 Å². The molecule has 1 heterocycles. The summed E-state index contributed by atoms with van der Waals surface area (Å²) in [6.45, 7) is 2.22. The van der Waals surface area contributed by atoms with E-state index in [2.05, 4.69) is 4.98 Å². The van der Waals surface area contributed by atoms with Crippen molar-refractivity contribution in [3.8, 4) is 0 Å². The minimum Gasteiger partial charge on any atom is -0.466 e. The molecule has 0 amide bonds. The van der Waals surface area contributed by atoms with Crippen LogP contribution in [0.5, 0.6) is 0 Å². The molecule has 6 nitrogen and oxygen atoms in total. The molecular formula is C18H24N2O4S. The number of esters is 1. The maximum atomic E-state index is 12.4. The average molecular weight is 364 g/mol. The van der Waals surface area contributed by atoms with Crippen LogP contribution in [0.4, 0.5) is 0 Å². The van der Waals surface area contributed by atoms with Crippen molar-refractivity contribution in [1.29, 1.82) is 0 Å². The number of fused-ring (bicyclic) bond motifs is 3. The lowest BCUT2D eigenvalue weighted by Crippen LogP contribution is -2.22. The molecule has 0 spiro atoms. The standard InChI is InChI=1S/C18H24N2O4S/c1-4-24-18(21)10-12-5-7-14-15-11-13(25(22,23)20(2)3)6-8-16(15)19-17(14)9-12/h6,8,11-12,19H,4-5,7,9-10H2,1-3H3. The highest BCUT2D eigenvalue weighted by atomic mass is 32.2. The molecule has 136 valence electrons. The second-order valence-electron chi connectivity index (χ2n) is 6.69. The van der Waals surface area contributed by atoms with Gasteiger partial charge in [-0.2, -0.15) is 0 Å². The number of nitrogens with one attached hydrogen (secondary N) is 1. The van der Waals surface area contributed by atoms with Gasteiger partial charge >= 0.3 is 5.97 Å². The second-order valence-corrected chi connectivity index (χ2v) is 8.85. The van der Waals surface area contributed by atoms with Crippen LogP contribution in [0.25, 0.3) is 10.9 Å². The number of rotatable bonds is 5. The third-order valence-corrected chi connectivity index (χ3v) is 6.61. The number of H-pyrrole nitrogens is 1. The van der Waals surface area contributed by atoms with Gasteiger partial charge in [-0.05, 0) is 55.9 Å². The van der Waals surface area contributed by atoms with Crippen LogP contribution in [0.15, 0.2) is 23.1 Å². The molecule has 1 aliphatic carbocycles. The van der Waals surface area contributed by atoms with Crippen LogP contribution in [0.2, 0.25) is 0 Å². The van der Waals surface area contributed by atoms with Gasteiger partial charge in [0.25, 0.3) is 0 Å². The van der Waals surface area contributed by atoms with Crippen molar-refractivity contribution in [1.82, 2.24) is 9.29 Å². The minimum atomic E-state index is -3.45. The lowest BCUT2D eigenvalue weighted by atomic mass is 9.85. The SMILES string of the molecule is CCOC(=O)CC1CCc2c([nH]c3ccc(S(=O)(=O)N(C)C)cc23)C1. The highest BCUT2D eigenvalue weighted by molar-refractivity contribution is 7.89. The zero-order valence-electron chi connectivity index (χ0n) is 14.8. The van der Waals surface area contributed by atoms with Gasteiger partial charge in [0, 0.05) is 37.1 Å². The van der Waals surface area contributed by atoms with Crippen LogP contribution in [0.3, 0.4) is 0 Å². The van der Waals surface area contributed by atoms with Crippen molar-refractivity contribution in [2.24, 2.45) is 5.92 Å². The summed E-state index contributed by atoms with van der Waals surface area (Å²) in [4.78, 5) is 15.4. The van der Waals surface area contributed by atoms with Gasteiger partial charge in [0.05, 0.1) is 11.5 Å². The number of aromatic nitrogens is 1. The minimum absolute atomic E-state index is 0.147. The molecule has 1 N–H and O–H groups in total. The number of aromatic amines is 1. The lowest BCUT2D eigenvalue weighted by Gasteiger charge is -2.21. The van der Waals surface area contributed by atoms with Crippen LogP contribution in [0, 0.1) is 5.92 Å². The molecule has 0 fully saturated rings. The molecule has 0 radical (unpaired) electrons. The number of carbonyl (C=O) groups is 1. The maximum Gasteiger partial charge on any atom is 0.306 e. The van der Waals surface area contributed by atoms with Gasteiger partial charge in [0.15, 0.2) is 0 Å². The Labute approximate surface area is 148 Å². The van der Waals surface area contributed by atoms with Gasteiger partial charge in [0.2, 0.25) is 10.0 Å². The Bertz CT molecular complexity index is 899. The number of sulfonamides is 1. The Morgan fingerprint density at radius 3 is 2.80 bits per heavy atom. The quantitative estimate of drug-likeness (QED) is 0.827. The summed E-state index contributed by atoms with van der Waals surface area (Å²) in [6.07, 6.45) is 2.97. The van der Waals surface area contributed by atoms with E-state index in [1.165, 1.54) is 24.0 Å². The van der Waals surface area contributed by atoms with Crippen LogP contribution in [-0.2, 0) is 32.4 Å². The first-order valence-electron chi connectivity index (χ1n) is 8.54. The van der Waals surface area contributed by atoms with Gasteiger partial charge < -0.3 is 9.72 Å². The van der Waals surface area contributed by atoms with Gasteiger partial charge in [0.1, 0.15) is 0 Å². The van der Waals surface area contributed by atoms with Crippen molar-refractivity contribution in [3.05, 3.63) is 29.5 Å². The predicted octanol–water partition coefficient (Wildman–Crippen LogP) is 2.48. The summed E-state index contributed by atoms with van der Waals surface area (Å²) in [7, 11) is -0.380. The molecule has 1 unspecified atom stereocenters. The largest absolute Gasteiger partial charge is 0.466 e. The van der Waals surface area contributed by atoms with E-state index in [4.69, 9.17) is 4.74 Å². The average Bonchev–Trinajstić information content (AvgIpc) is 2.91. The molecule has 0 aliphatic heterocycles. The van der Waals surface area contributed by atoms with Gasteiger partial charge in [-0.25, -0.2) is 12.7 Å². The Morgan fingerprint density at radius 1 is 1.36 bits per heavy atom. The number of hydrogen-bond donors (Lipinski definition) is 1. The number of nitrogens with zero attached hydrogens (tertiary/aromatic N) is 1. The number of benzene rings is 1. The van der Waals surface area contributed by atoms with Crippen molar-refractivity contribution in [2.45, 2.75) is 37.5 Å². The van der Waals surface area contributed by atoms with Gasteiger partial charge in [-0.1, -0.05) is 0 Å². The molecule has 0 bridgehead atoms. The summed E-state index contributed by atoms with van der Waals surface area (Å²) in [5.74, 6) is 0.121. The summed E-state index contributed by atoms with van der Waals surface area (Å²) < 4.78 is 31.0. The van der Waals surface area contributed by atoms with E-state index >= 15 is 0 Å². The van der Waals surface area contributed by atoms with Crippen molar-refractivity contribution < 1.29 is 17.9 Å². The van der Waals surface area contributed by atoms with Crippen LogP contribution in [0.1, 0.15) is 31.0 Å². The molecule has 25 heavy (non-hydrogen) atoms. The highest BCUT2D eigenvalue weighted by Gasteiger charge is 2.26. The van der Waals surface area contributed by atoms with Crippen LogP contribution < -0.4 is 0 Å². The molecule has 0 saturated heterocycles. The topological polar surface area (TPSA) is 79.5 Å². The van der Waals surface area contributed by atoms with Crippen LogP contribution >= 0.6 is 0 Å². The number of ether oxygens (including phenoxy) is 1. The maximum absolute atomic E-state index is 12.4. The van der Waals surface area contributed by atoms with Gasteiger partial charge in [-0.15, -0.1) is 0 Å². The number of aryl methyl sites for hydroxylation is 1. The van der Waals surface area contributed by atoms with Crippen LogP contribution in [-0.4, -0.2) is 44.4 Å². The Kier molecular flexibility index (Phi) is 4.88. The highest BCUT2D eigenvalue weighted by Crippen LogP contribution is 2.34. The molecule has 7 heteroatoms. The third-order valence-electron chi connectivity index (χ3n) is 4.80. The fraction of sp³-hybridized carbons (Fsp3) is 0.500. The molecule has 1 aromatic heterocycles.